The number of hydrogen-bond acceptors (Lipinski definition) is 5. The topological polar surface area (TPSA) is 62.5 Å². The van der Waals surface area contributed by atoms with E-state index in [-0.39, 0.29) is 11.9 Å². The molecule has 3 rings (SSSR count). The Kier molecular flexibility index (Phi) is 6.87. The summed E-state index contributed by atoms with van der Waals surface area (Å²) in [4.78, 5) is 9.06. The van der Waals surface area contributed by atoms with Crippen molar-refractivity contribution in [2.45, 2.75) is 53.5 Å². The number of aryl methyl sites for hydroxylation is 1. The van der Waals surface area contributed by atoms with Gasteiger partial charge in [0.2, 0.25) is 0 Å². The van der Waals surface area contributed by atoms with Gasteiger partial charge in [0.15, 0.2) is 0 Å². The third-order valence-corrected chi connectivity index (χ3v) is 4.90. The van der Waals surface area contributed by atoms with Crippen molar-refractivity contribution in [2.24, 2.45) is 10.2 Å². The zero-order valence-corrected chi connectivity index (χ0v) is 18.2. The van der Waals surface area contributed by atoms with Crippen molar-refractivity contribution in [3.05, 3.63) is 54.1 Å². The summed E-state index contributed by atoms with van der Waals surface area (Å²) in [5, 5.41) is 12.8. The van der Waals surface area contributed by atoms with Crippen LogP contribution in [0.2, 0.25) is 0 Å². The van der Waals surface area contributed by atoms with Crippen LogP contribution in [0.3, 0.4) is 0 Å². The van der Waals surface area contributed by atoms with Crippen molar-refractivity contribution >= 4 is 28.1 Å². The van der Waals surface area contributed by atoms with E-state index in [1.54, 1.807) is 18.5 Å². The molecule has 0 radical (unpaired) electrons. The second-order valence-electron chi connectivity index (χ2n) is 7.67. The molecule has 0 fully saturated rings. The van der Waals surface area contributed by atoms with E-state index in [4.69, 9.17) is 0 Å². The summed E-state index contributed by atoms with van der Waals surface area (Å²) in [7, 11) is 0. The standard InChI is InChI=1S/C24H28FN5/c1-6-7-19-12-20(18-8-10-21(25)11-9-18)13-22-23(19)26-14-27-24(22)28-16(4)17(5)30-29-15(2)3/h8-14,16H,6-7H2,1-5H3,(H,26,27,28)/b30-17+. The van der Waals surface area contributed by atoms with Gasteiger partial charge in [-0.1, -0.05) is 25.5 Å². The second-order valence-corrected chi connectivity index (χ2v) is 7.67. The number of benzene rings is 2. The monoisotopic (exact) mass is 405 g/mol. The first kappa shape index (κ1) is 21.6. The van der Waals surface area contributed by atoms with E-state index in [1.807, 2.05) is 27.7 Å². The molecule has 2 aromatic carbocycles. The van der Waals surface area contributed by atoms with Crippen LogP contribution >= 0.6 is 0 Å². The quantitative estimate of drug-likeness (QED) is 0.385. The number of fused-ring (bicyclic) bond motifs is 1. The van der Waals surface area contributed by atoms with Crippen LogP contribution in [0.1, 0.15) is 46.6 Å². The lowest BCUT2D eigenvalue weighted by Crippen LogP contribution is -2.24. The average Bonchev–Trinajstić information content (AvgIpc) is 2.73. The van der Waals surface area contributed by atoms with Crippen molar-refractivity contribution in [2.75, 3.05) is 5.32 Å². The minimum absolute atomic E-state index is 0.0460. The number of anilines is 1. The molecular formula is C24H28FN5. The highest BCUT2D eigenvalue weighted by atomic mass is 19.1. The molecule has 0 bridgehead atoms. The average molecular weight is 406 g/mol. The minimum Gasteiger partial charge on any atom is -0.362 e. The molecule has 30 heavy (non-hydrogen) atoms. The van der Waals surface area contributed by atoms with Crippen molar-refractivity contribution in [3.8, 4) is 11.1 Å². The van der Waals surface area contributed by atoms with Gasteiger partial charge < -0.3 is 5.32 Å². The molecule has 0 saturated carbocycles. The second kappa shape index (κ2) is 9.57. The molecule has 3 aromatic rings. The third kappa shape index (κ3) is 5.06. The van der Waals surface area contributed by atoms with Gasteiger partial charge >= 0.3 is 0 Å². The smallest absolute Gasteiger partial charge is 0.137 e. The van der Waals surface area contributed by atoms with Gasteiger partial charge in [-0.2, -0.15) is 10.2 Å². The molecule has 6 heteroatoms. The molecule has 1 aromatic heterocycles. The number of hydrogen-bond donors (Lipinski definition) is 1. The largest absolute Gasteiger partial charge is 0.362 e. The lowest BCUT2D eigenvalue weighted by molar-refractivity contribution is 0.628. The Morgan fingerprint density at radius 2 is 1.77 bits per heavy atom. The van der Waals surface area contributed by atoms with Crippen LogP contribution in [0.5, 0.6) is 0 Å². The van der Waals surface area contributed by atoms with E-state index in [2.05, 4.69) is 44.5 Å². The van der Waals surface area contributed by atoms with Crippen LogP contribution in [0.15, 0.2) is 52.9 Å². The maximum Gasteiger partial charge on any atom is 0.137 e. The molecule has 0 saturated heterocycles. The van der Waals surface area contributed by atoms with E-state index in [0.717, 1.165) is 57.7 Å². The Morgan fingerprint density at radius 1 is 1.03 bits per heavy atom. The summed E-state index contributed by atoms with van der Waals surface area (Å²) < 4.78 is 13.4. The van der Waals surface area contributed by atoms with Gasteiger partial charge in [-0.3, -0.25) is 0 Å². The zero-order valence-electron chi connectivity index (χ0n) is 18.2. The Bertz CT molecular complexity index is 1080. The lowest BCUT2D eigenvalue weighted by atomic mass is 9.97. The molecule has 1 heterocycles. The van der Waals surface area contributed by atoms with Crippen LogP contribution < -0.4 is 5.32 Å². The molecule has 156 valence electrons. The molecule has 0 amide bonds. The van der Waals surface area contributed by atoms with E-state index in [1.165, 1.54) is 12.1 Å². The fourth-order valence-electron chi connectivity index (χ4n) is 3.20. The van der Waals surface area contributed by atoms with Crippen LogP contribution in [0.4, 0.5) is 10.2 Å². The predicted molar refractivity (Wildman–Crippen MR) is 124 cm³/mol. The Labute approximate surface area is 177 Å². The van der Waals surface area contributed by atoms with Crippen molar-refractivity contribution in [1.29, 1.82) is 0 Å². The van der Waals surface area contributed by atoms with Crippen LogP contribution in [-0.2, 0) is 6.42 Å². The number of nitrogens with zero attached hydrogens (tertiary/aromatic N) is 4. The highest BCUT2D eigenvalue weighted by Gasteiger charge is 2.14. The molecule has 1 N–H and O–H groups in total. The van der Waals surface area contributed by atoms with Crippen molar-refractivity contribution in [1.82, 2.24) is 9.97 Å². The summed E-state index contributed by atoms with van der Waals surface area (Å²) in [5.74, 6) is 0.508. The van der Waals surface area contributed by atoms with E-state index < -0.39 is 0 Å². The first-order chi connectivity index (χ1) is 14.4. The summed E-state index contributed by atoms with van der Waals surface area (Å²) in [6, 6.07) is 10.7. The lowest BCUT2D eigenvalue weighted by Gasteiger charge is -2.17. The van der Waals surface area contributed by atoms with Gasteiger partial charge in [0, 0.05) is 11.1 Å². The van der Waals surface area contributed by atoms with E-state index in [9.17, 15) is 4.39 Å². The van der Waals surface area contributed by atoms with Crippen LogP contribution in [-0.4, -0.2) is 27.4 Å². The highest BCUT2D eigenvalue weighted by molar-refractivity contribution is 5.97. The molecule has 0 spiro atoms. The zero-order chi connectivity index (χ0) is 21.7. The normalized spacial score (nSPS) is 12.7. The van der Waals surface area contributed by atoms with Gasteiger partial charge in [0.1, 0.15) is 18.0 Å². The first-order valence-corrected chi connectivity index (χ1v) is 10.2. The fourth-order valence-corrected chi connectivity index (χ4v) is 3.20. The van der Waals surface area contributed by atoms with Crippen molar-refractivity contribution < 1.29 is 4.39 Å². The van der Waals surface area contributed by atoms with Crippen LogP contribution in [0.25, 0.3) is 22.0 Å². The summed E-state index contributed by atoms with van der Waals surface area (Å²) in [6.45, 7) is 9.96. The van der Waals surface area contributed by atoms with Gasteiger partial charge in [-0.15, -0.1) is 0 Å². The summed E-state index contributed by atoms with van der Waals surface area (Å²) >= 11 is 0. The maximum absolute atomic E-state index is 13.4. The molecule has 0 aliphatic carbocycles. The van der Waals surface area contributed by atoms with Gasteiger partial charge in [-0.05, 0) is 75.1 Å². The Hall–Kier alpha value is -3.15. The first-order valence-electron chi connectivity index (χ1n) is 10.2. The highest BCUT2D eigenvalue weighted by Crippen LogP contribution is 2.31. The molecule has 0 aliphatic rings. The van der Waals surface area contributed by atoms with Gasteiger partial charge in [-0.25, -0.2) is 14.4 Å². The fraction of sp³-hybridized carbons (Fsp3) is 0.333. The predicted octanol–water partition coefficient (Wildman–Crippen LogP) is 6.05. The maximum atomic E-state index is 13.4. The number of halogens is 1. The minimum atomic E-state index is -0.243. The van der Waals surface area contributed by atoms with Crippen LogP contribution in [0, 0.1) is 5.82 Å². The molecule has 5 nitrogen and oxygen atoms in total. The van der Waals surface area contributed by atoms with Gasteiger partial charge in [0.25, 0.3) is 0 Å². The number of aromatic nitrogens is 2. The summed E-state index contributed by atoms with van der Waals surface area (Å²) in [5.41, 5.74) is 5.85. The molecule has 1 atom stereocenters. The SMILES string of the molecule is CCCc1cc(-c2ccc(F)cc2)cc2c(NC(C)/C(C)=N/N=C(C)C)ncnc12. The van der Waals surface area contributed by atoms with Crippen molar-refractivity contribution in [3.63, 3.8) is 0 Å². The number of rotatable bonds is 7. The third-order valence-electron chi connectivity index (χ3n) is 4.90. The van der Waals surface area contributed by atoms with Gasteiger partial charge in [0.05, 0.1) is 17.3 Å². The molecular weight excluding hydrogens is 377 g/mol. The van der Waals surface area contributed by atoms with E-state index in [0.29, 0.717) is 0 Å². The Balaban J connectivity index is 2.08. The Morgan fingerprint density at radius 3 is 2.43 bits per heavy atom. The van der Waals surface area contributed by atoms with E-state index >= 15 is 0 Å². The summed E-state index contributed by atoms with van der Waals surface area (Å²) in [6.07, 6.45) is 3.50. The molecule has 0 aliphatic heterocycles. The number of nitrogens with one attached hydrogen (secondary N) is 1. The molecule has 1 unspecified atom stereocenters.